The Hall–Kier alpha value is -0.770. The number of urea groups is 1. The van der Waals surface area contributed by atoms with Crippen molar-refractivity contribution in [3.8, 4) is 0 Å². The van der Waals surface area contributed by atoms with Gasteiger partial charge in [0, 0.05) is 38.6 Å². The summed E-state index contributed by atoms with van der Waals surface area (Å²) in [5.74, 6) is 0.729. The lowest BCUT2D eigenvalue weighted by atomic mass is 9.93. The van der Waals surface area contributed by atoms with E-state index in [1.54, 1.807) is 7.05 Å². The minimum atomic E-state index is 0.0674. The number of fused-ring (bicyclic) bond motifs is 1. The molecule has 12 heavy (non-hydrogen) atoms. The van der Waals surface area contributed by atoms with E-state index in [-0.39, 0.29) is 6.03 Å². The number of nitrogens with zero attached hydrogens (tertiary/aromatic N) is 2. The molecule has 2 amide bonds. The first-order chi connectivity index (χ1) is 5.72. The lowest BCUT2D eigenvalue weighted by Gasteiger charge is -2.40. The minimum absolute atomic E-state index is 0.0674. The average molecular weight is 169 g/mol. The number of carbonyl (C=O) groups excluding carboxylic acids is 1. The average Bonchev–Trinajstić information content (AvgIpc) is 2.41. The van der Waals surface area contributed by atoms with Crippen LogP contribution in [0.2, 0.25) is 0 Å². The molecule has 2 heterocycles. The molecule has 2 aliphatic rings. The number of nitrogens with one attached hydrogen (secondary N) is 1. The van der Waals surface area contributed by atoms with E-state index in [9.17, 15) is 4.79 Å². The molecule has 1 N–H and O–H groups in total. The third-order valence-corrected chi connectivity index (χ3v) is 3.00. The number of likely N-dealkylation sites (N-methyl/N-ethyl adjacent to an activating group) is 1. The van der Waals surface area contributed by atoms with Gasteiger partial charge in [0.25, 0.3) is 0 Å². The highest BCUT2D eigenvalue weighted by Gasteiger charge is 2.44. The predicted octanol–water partition coefficient (Wildman–Crippen LogP) is -0.428. The Morgan fingerprint density at radius 2 is 2.17 bits per heavy atom. The maximum absolute atomic E-state index is 11.2. The summed E-state index contributed by atoms with van der Waals surface area (Å²) in [6.07, 6.45) is 0. The smallest absolute Gasteiger partial charge is 0.317 e. The molecule has 68 valence electrons. The van der Waals surface area contributed by atoms with Crippen molar-refractivity contribution in [2.45, 2.75) is 6.04 Å². The second kappa shape index (κ2) is 2.62. The predicted molar refractivity (Wildman–Crippen MR) is 45.9 cm³/mol. The number of likely N-dealkylation sites (tertiary alicyclic amines) is 2. The standard InChI is InChI=1S/C8H15N3O/c1-9-8(12)11-4-6-3-10(2)7(6)5-11/h6-7H,3-5H2,1-2H3,(H,9,12). The molecular weight excluding hydrogens is 154 g/mol. The zero-order valence-electron chi connectivity index (χ0n) is 7.58. The molecule has 2 atom stereocenters. The first kappa shape index (κ1) is 7.86. The molecule has 4 heteroatoms. The molecule has 0 aromatic rings. The van der Waals surface area contributed by atoms with Crippen molar-refractivity contribution in [3.63, 3.8) is 0 Å². The van der Waals surface area contributed by atoms with Crippen LogP contribution >= 0.6 is 0 Å². The SMILES string of the molecule is CNC(=O)N1CC2CN(C)C2C1. The summed E-state index contributed by atoms with van der Waals surface area (Å²) in [6, 6.07) is 0.695. The quantitative estimate of drug-likeness (QED) is 0.534. The van der Waals surface area contributed by atoms with E-state index in [4.69, 9.17) is 0 Å². The Morgan fingerprint density at radius 3 is 2.67 bits per heavy atom. The Balaban J connectivity index is 1.94. The summed E-state index contributed by atoms with van der Waals surface area (Å²) in [5.41, 5.74) is 0. The number of amides is 2. The highest BCUT2D eigenvalue weighted by atomic mass is 16.2. The Bertz CT molecular complexity index is 206. The number of carbonyl (C=O) groups is 1. The largest absolute Gasteiger partial charge is 0.341 e. The molecule has 0 bridgehead atoms. The summed E-state index contributed by atoms with van der Waals surface area (Å²) in [5, 5.41) is 2.66. The Morgan fingerprint density at radius 1 is 1.42 bits per heavy atom. The van der Waals surface area contributed by atoms with Gasteiger partial charge in [-0.15, -0.1) is 0 Å². The second-order valence-corrected chi connectivity index (χ2v) is 3.73. The van der Waals surface area contributed by atoms with Gasteiger partial charge >= 0.3 is 6.03 Å². The van der Waals surface area contributed by atoms with Gasteiger partial charge in [0.05, 0.1) is 0 Å². The highest BCUT2D eigenvalue weighted by Crippen LogP contribution is 2.30. The van der Waals surface area contributed by atoms with Crippen molar-refractivity contribution in [1.82, 2.24) is 15.1 Å². The van der Waals surface area contributed by atoms with Crippen LogP contribution in [0, 0.1) is 5.92 Å². The zero-order chi connectivity index (χ0) is 8.72. The fourth-order valence-corrected chi connectivity index (χ4v) is 2.22. The third kappa shape index (κ3) is 0.982. The number of rotatable bonds is 0. The maximum Gasteiger partial charge on any atom is 0.317 e. The Labute approximate surface area is 72.5 Å². The van der Waals surface area contributed by atoms with Crippen LogP contribution in [0.25, 0.3) is 0 Å². The molecular formula is C8H15N3O. The van der Waals surface area contributed by atoms with E-state index in [1.165, 1.54) is 0 Å². The second-order valence-electron chi connectivity index (χ2n) is 3.73. The lowest BCUT2D eigenvalue weighted by Crippen LogP contribution is -2.52. The van der Waals surface area contributed by atoms with Crippen molar-refractivity contribution >= 4 is 6.03 Å². The van der Waals surface area contributed by atoms with Gasteiger partial charge in [-0.05, 0) is 7.05 Å². The molecule has 2 fully saturated rings. The van der Waals surface area contributed by atoms with Crippen molar-refractivity contribution in [2.75, 3.05) is 33.7 Å². The van der Waals surface area contributed by atoms with Crippen molar-refractivity contribution in [3.05, 3.63) is 0 Å². The number of hydrogen-bond donors (Lipinski definition) is 1. The van der Waals surface area contributed by atoms with Gasteiger partial charge in [-0.1, -0.05) is 0 Å². The summed E-state index contributed by atoms with van der Waals surface area (Å²) in [6.45, 7) is 2.99. The van der Waals surface area contributed by atoms with Crippen LogP contribution in [-0.2, 0) is 0 Å². The Kier molecular flexibility index (Phi) is 1.72. The lowest BCUT2D eigenvalue weighted by molar-refractivity contribution is 0.0826. The van der Waals surface area contributed by atoms with Crippen molar-refractivity contribution in [2.24, 2.45) is 5.92 Å². The molecule has 0 radical (unpaired) electrons. The van der Waals surface area contributed by atoms with E-state index >= 15 is 0 Å². The van der Waals surface area contributed by atoms with Crippen LogP contribution in [0.1, 0.15) is 0 Å². The van der Waals surface area contributed by atoms with Crippen LogP contribution in [0.5, 0.6) is 0 Å². The summed E-state index contributed by atoms with van der Waals surface area (Å²) < 4.78 is 0. The van der Waals surface area contributed by atoms with E-state index in [2.05, 4.69) is 17.3 Å². The molecule has 2 saturated heterocycles. The van der Waals surface area contributed by atoms with Gasteiger partial charge in [-0.2, -0.15) is 0 Å². The molecule has 0 aliphatic carbocycles. The molecule has 0 spiro atoms. The van der Waals surface area contributed by atoms with Crippen LogP contribution < -0.4 is 5.32 Å². The van der Waals surface area contributed by atoms with Crippen molar-refractivity contribution < 1.29 is 4.79 Å². The van der Waals surface area contributed by atoms with Crippen LogP contribution in [0.3, 0.4) is 0 Å². The fourth-order valence-electron chi connectivity index (χ4n) is 2.22. The monoisotopic (exact) mass is 169 g/mol. The van der Waals surface area contributed by atoms with E-state index in [0.29, 0.717) is 6.04 Å². The molecule has 2 aliphatic heterocycles. The third-order valence-electron chi connectivity index (χ3n) is 3.00. The zero-order valence-corrected chi connectivity index (χ0v) is 7.58. The molecule has 0 saturated carbocycles. The summed E-state index contributed by atoms with van der Waals surface area (Å²) >= 11 is 0. The highest BCUT2D eigenvalue weighted by molar-refractivity contribution is 5.74. The topological polar surface area (TPSA) is 35.6 Å². The fraction of sp³-hybridized carbons (Fsp3) is 0.875. The normalized spacial score (nSPS) is 34.3. The van der Waals surface area contributed by atoms with Gasteiger partial charge in [0.1, 0.15) is 0 Å². The van der Waals surface area contributed by atoms with Gasteiger partial charge in [0.2, 0.25) is 0 Å². The summed E-state index contributed by atoms with van der Waals surface area (Å²) in [7, 11) is 3.81. The van der Waals surface area contributed by atoms with Gasteiger partial charge < -0.3 is 15.1 Å². The summed E-state index contributed by atoms with van der Waals surface area (Å²) in [4.78, 5) is 15.5. The van der Waals surface area contributed by atoms with Crippen LogP contribution in [0.4, 0.5) is 4.79 Å². The molecule has 2 unspecified atom stereocenters. The van der Waals surface area contributed by atoms with Gasteiger partial charge in [-0.25, -0.2) is 4.79 Å². The number of hydrogen-bond acceptors (Lipinski definition) is 2. The first-order valence-corrected chi connectivity index (χ1v) is 4.39. The van der Waals surface area contributed by atoms with E-state index < -0.39 is 0 Å². The molecule has 2 rings (SSSR count). The van der Waals surface area contributed by atoms with Crippen LogP contribution in [0.15, 0.2) is 0 Å². The minimum Gasteiger partial charge on any atom is -0.341 e. The molecule has 0 aromatic carbocycles. The van der Waals surface area contributed by atoms with Crippen LogP contribution in [-0.4, -0.2) is 55.6 Å². The van der Waals surface area contributed by atoms with Gasteiger partial charge in [-0.3, -0.25) is 0 Å². The van der Waals surface area contributed by atoms with E-state index in [1.807, 2.05) is 4.90 Å². The molecule has 0 aromatic heterocycles. The van der Waals surface area contributed by atoms with E-state index in [0.717, 1.165) is 25.6 Å². The maximum atomic E-state index is 11.2. The first-order valence-electron chi connectivity index (χ1n) is 4.39. The molecule has 4 nitrogen and oxygen atoms in total. The van der Waals surface area contributed by atoms with Gasteiger partial charge in [0.15, 0.2) is 0 Å². The van der Waals surface area contributed by atoms with Crippen molar-refractivity contribution in [1.29, 1.82) is 0 Å².